The Hall–Kier alpha value is -1.73. The molecule has 0 fully saturated rings. The van der Waals surface area contributed by atoms with E-state index >= 15 is 0 Å². The van der Waals surface area contributed by atoms with Gasteiger partial charge in [0.25, 0.3) is 0 Å². The number of nitrogens with two attached hydrogens (primary N) is 1. The fourth-order valence-electron chi connectivity index (χ4n) is 0.924. The first kappa shape index (κ1) is 9.36. The average Bonchev–Trinajstić information content (AvgIpc) is 2.16. The van der Waals surface area contributed by atoms with Crippen LogP contribution in [0.15, 0.2) is 18.5 Å². The molecule has 2 N–H and O–H groups in total. The number of ketones is 1. The van der Waals surface area contributed by atoms with E-state index in [0.717, 1.165) is 0 Å². The molecule has 1 rings (SSSR count). The predicted molar refractivity (Wildman–Crippen MR) is 46.6 cm³/mol. The van der Waals surface area contributed by atoms with Gasteiger partial charge in [-0.1, -0.05) is 0 Å². The van der Waals surface area contributed by atoms with Gasteiger partial charge in [0.2, 0.25) is 0 Å². The normalized spacial score (nSPS) is 11.8. The molecule has 4 heteroatoms. The predicted octanol–water partition coefficient (Wildman–Crippen LogP) is 0.542. The number of Topliss-reactive ketones (excluding diaryl/α,β-unsaturated/α-hetero) is 1. The third-order valence-corrected chi connectivity index (χ3v) is 1.69. The SMILES string of the molecule is CC(=O)C(N)c1cncc(C#N)c1. The molecule has 0 saturated heterocycles. The second kappa shape index (κ2) is 3.78. The number of nitriles is 1. The Balaban J connectivity index is 3.03. The van der Waals surface area contributed by atoms with Gasteiger partial charge in [-0.25, -0.2) is 0 Å². The molecule has 0 aliphatic heterocycles. The molecule has 1 aromatic rings. The molecule has 1 heterocycles. The second-order valence-corrected chi connectivity index (χ2v) is 2.71. The van der Waals surface area contributed by atoms with Crippen LogP contribution in [0.4, 0.5) is 0 Å². The minimum Gasteiger partial charge on any atom is -0.318 e. The van der Waals surface area contributed by atoms with Gasteiger partial charge in [0.1, 0.15) is 6.07 Å². The lowest BCUT2D eigenvalue weighted by Gasteiger charge is -2.06. The molecule has 13 heavy (non-hydrogen) atoms. The lowest BCUT2D eigenvalue weighted by atomic mass is 10.1. The van der Waals surface area contributed by atoms with Crippen LogP contribution in [-0.2, 0) is 4.79 Å². The summed E-state index contributed by atoms with van der Waals surface area (Å²) in [4.78, 5) is 14.7. The van der Waals surface area contributed by atoms with Gasteiger partial charge in [0.15, 0.2) is 5.78 Å². The van der Waals surface area contributed by atoms with Crippen LogP contribution >= 0.6 is 0 Å². The number of nitrogens with zero attached hydrogens (tertiary/aromatic N) is 2. The molecule has 0 radical (unpaired) electrons. The Kier molecular flexibility index (Phi) is 2.72. The number of aromatic nitrogens is 1. The van der Waals surface area contributed by atoms with Crippen molar-refractivity contribution in [2.75, 3.05) is 0 Å². The van der Waals surface area contributed by atoms with E-state index in [2.05, 4.69) is 4.98 Å². The van der Waals surface area contributed by atoms with Crippen LogP contribution in [-0.4, -0.2) is 10.8 Å². The van der Waals surface area contributed by atoms with E-state index in [1.165, 1.54) is 19.3 Å². The molecule has 0 amide bonds. The summed E-state index contributed by atoms with van der Waals surface area (Å²) in [6, 6.07) is 2.82. The Labute approximate surface area is 76.0 Å². The number of pyridine rings is 1. The third-order valence-electron chi connectivity index (χ3n) is 1.69. The molecule has 0 aliphatic carbocycles. The Morgan fingerprint density at radius 2 is 2.38 bits per heavy atom. The zero-order valence-electron chi connectivity index (χ0n) is 7.19. The zero-order valence-corrected chi connectivity index (χ0v) is 7.19. The quantitative estimate of drug-likeness (QED) is 0.711. The highest BCUT2D eigenvalue weighted by Crippen LogP contribution is 2.10. The summed E-state index contributed by atoms with van der Waals surface area (Å²) in [5.41, 5.74) is 6.55. The van der Waals surface area contributed by atoms with Crippen molar-refractivity contribution < 1.29 is 4.79 Å². The van der Waals surface area contributed by atoms with Crippen LogP contribution in [0.2, 0.25) is 0 Å². The summed E-state index contributed by atoms with van der Waals surface area (Å²) < 4.78 is 0. The average molecular weight is 175 g/mol. The molecule has 1 aromatic heterocycles. The Bertz CT molecular complexity index is 367. The van der Waals surface area contributed by atoms with Crippen molar-refractivity contribution in [3.05, 3.63) is 29.6 Å². The lowest BCUT2D eigenvalue weighted by molar-refractivity contribution is -0.118. The van der Waals surface area contributed by atoms with Crippen LogP contribution in [0, 0.1) is 11.3 Å². The number of carbonyl (C=O) groups excluding carboxylic acids is 1. The fraction of sp³-hybridized carbons (Fsp3) is 0.222. The molecular formula is C9H9N3O. The van der Waals surface area contributed by atoms with E-state index in [1.807, 2.05) is 6.07 Å². The maximum absolute atomic E-state index is 10.9. The molecule has 66 valence electrons. The van der Waals surface area contributed by atoms with Crippen LogP contribution < -0.4 is 5.73 Å². The van der Waals surface area contributed by atoms with Gasteiger partial charge in [-0.15, -0.1) is 0 Å². The van der Waals surface area contributed by atoms with Gasteiger partial charge >= 0.3 is 0 Å². The molecule has 0 aliphatic rings. The molecule has 0 spiro atoms. The van der Waals surface area contributed by atoms with Gasteiger partial charge in [-0.3, -0.25) is 9.78 Å². The number of carbonyl (C=O) groups is 1. The van der Waals surface area contributed by atoms with Crippen molar-refractivity contribution in [3.8, 4) is 6.07 Å². The zero-order chi connectivity index (χ0) is 9.84. The highest BCUT2D eigenvalue weighted by molar-refractivity contribution is 5.82. The first-order valence-corrected chi connectivity index (χ1v) is 3.76. The maximum Gasteiger partial charge on any atom is 0.151 e. The van der Waals surface area contributed by atoms with Crippen LogP contribution in [0.1, 0.15) is 24.1 Å². The van der Waals surface area contributed by atoms with Gasteiger partial charge in [0, 0.05) is 12.4 Å². The van der Waals surface area contributed by atoms with E-state index in [9.17, 15) is 4.79 Å². The highest BCUT2D eigenvalue weighted by atomic mass is 16.1. The summed E-state index contributed by atoms with van der Waals surface area (Å²) in [6.07, 6.45) is 2.92. The van der Waals surface area contributed by atoms with Crippen molar-refractivity contribution in [1.29, 1.82) is 5.26 Å². The summed E-state index contributed by atoms with van der Waals surface area (Å²) in [6.45, 7) is 1.41. The first-order chi connectivity index (χ1) is 6.15. The van der Waals surface area contributed by atoms with E-state index in [1.54, 1.807) is 6.07 Å². The number of rotatable bonds is 2. The van der Waals surface area contributed by atoms with Crippen LogP contribution in [0.25, 0.3) is 0 Å². The molecule has 0 saturated carbocycles. The van der Waals surface area contributed by atoms with Crippen LogP contribution in [0.3, 0.4) is 0 Å². The van der Waals surface area contributed by atoms with Gasteiger partial charge in [-0.2, -0.15) is 5.26 Å². The summed E-state index contributed by atoms with van der Waals surface area (Å²) >= 11 is 0. The third kappa shape index (κ3) is 2.10. The second-order valence-electron chi connectivity index (χ2n) is 2.71. The smallest absolute Gasteiger partial charge is 0.151 e. The molecular weight excluding hydrogens is 166 g/mol. The molecule has 1 atom stereocenters. The topological polar surface area (TPSA) is 79.8 Å². The van der Waals surface area contributed by atoms with Crippen molar-refractivity contribution in [3.63, 3.8) is 0 Å². The van der Waals surface area contributed by atoms with Crippen LogP contribution in [0.5, 0.6) is 0 Å². The van der Waals surface area contributed by atoms with Crippen molar-refractivity contribution in [1.82, 2.24) is 4.98 Å². The van der Waals surface area contributed by atoms with E-state index in [0.29, 0.717) is 11.1 Å². The monoisotopic (exact) mass is 175 g/mol. The molecule has 0 aromatic carbocycles. The van der Waals surface area contributed by atoms with Crippen molar-refractivity contribution >= 4 is 5.78 Å². The maximum atomic E-state index is 10.9. The summed E-state index contributed by atoms with van der Waals surface area (Å²) in [7, 11) is 0. The van der Waals surface area contributed by atoms with Gasteiger partial charge in [-0.05, 0) is 18.6 Å². The van der Waals surface area contributed by atoms with E-state index < -0.39 is 6.04 Å². The minimum absolute atomic E-state index is 0.142. The van der Waals surface area contributed by atoms with Gasteiger partial charge in [0.05, 0.1) is 11.6 Å². The first-order valence-electron chi connectivity index (χ1n) is 3.76. The number of hydrogen-bond acceptors (Lipinski definition) is 4. The molecule has 4 nitrogen and oxygen atoms in total. The fourth-order valence-corrected chi connectivity index (χ4v) is 0.924. The Morgan fingerprint density at radius 3 is 2.92 bits per heavy atom. The van der Waals surface area contributed by atoms with E-state index in [-0.39, 0.29) is 5.78 Å². The largest absolute Gasteiger partial charge is 0.318 e. The summed E-state index contributed by atoms with van der Waals surface area (Å²) in [5, 5.41) is 8.57. The minimum atomic E-state index is -0.680. The van der Waals surface area contributed by atoms with Crippen molar-refractivity contribution in [2.45, 2.75) is 13.0 Å². The number of hydrogen-bond donors (Lipinski definition) is 1. The highest BCUT2D eigenvalue weighted by Gasteiger charge is 2.11. The van der Waals surface area contributed by atoms with E-state index in [4.69, 9.17) is 11.0 Å². The summed E-state index contributed by atoms with van der Waals surface area (Å²) in [5.74, 6) is -0.142. The van der Waals surface area contributed by atoms with Crippen molar-refractivity contribution in [2.24, 2.45) is 5.73 Å². The van der Waals surface area contributed by atoms with Gasteiger partial charge < -0.3 is 5.73 Å². The molecule has 1 unspecified atom stereocenters. The standard InChI is InChI=1S/C9H9N3O/c1-6(13)9(11)8-2-7(3-10)4-12-5-8/h2,4-5,9H,11H2,1H3. The Morgan fingerprint density at radius 1 is 1.69 bits per heavy atom. The lowest BCUT2D eigenvalue weighted by Crippen LogP contribution is -2.18. The molecule has 0 bridgehead atoms.